The minimum absolute atomic E-state index is 0.171. The van der Waals surface area contributed by atoms with Gasteiger partial charge in [-0.25, -0.2) is 0 Å². The summed E-state index contributed by atoms with van der Waals surface area (Å²) >= 11 is 0. The second kappa shape index (κ2) is 27.2. The van der Waals surface area contributed by atoms with Crippen molar-refractivity contribution in [2.45, 2.75) is 285 Å². The lowest BCUT2D eigenvalue weighted by Gasteiger charge is -2.50. The zero-order valence-corrected chi connectivity index (χ0v) is 40.6. The third-order valence-electron chi connectivity index (χ3n) is 14.0. The molecule has 0 amide bonds. The molecule has 0 unspecified atom stereocenters. The summed E-state index contributed by atoms with van der Waals surface area (Å²) in [5.41, 5.74) is 0. The van der Waals surface area contributed by atoms with Crippen LogP contribution in [0.4, 0.5) is 0 Å². The Bertz CT molecular complexity index is 1500. The first-order valence-electron chi connectivity index (χ1n) is 24.9. The number of carboxylic acids is 1. The molecule has 0 saturated carbocycles. The summed E-state index contributed by atoms with van der Waals surface area (Å²) in [5, 5.41) is 129. The number of unbranched alkanes of at least 4 members (excludes halogenated alkanes) is 8. The Morgan fingerprint density at radius 2 is 0.754 bits per heavy atom. The van der Waals surface area contributed by atoms with Crippen LogP contribution in [0, 0.1) is 0 Å². The molecule has 12 N–H and O–H groups in total. The third-order valence-corrected chi connectivity index (χ3v) is 14.0. The molecule has 5 aliphatic heterocycles. The fourth-order valence-electron chi connectivity index (χ4n) is 9.50. The van der Waals surface area contributed by atoms with Gasteiger partial charge in [-0.05, 0) is 53.9 Å². The molecule has 5 rings (SSSR count). The summed E-state index contributed by atoms with van der Waals surface area (Å²) in [6.07, 6.45) is -27.2. The number of aliphatic hydroxyl groups excluding tert-OH is 11. The first-order valence-corrected chi connectivity index (χ1v) is 24.9. The van der Waals surface area contributed by atoms with E-state index in [-0.39, 0.29) is 12.5 Å². The molecule has 5 aliphatic rings. The average Bonchev–Trinajstić information content (AvgIpc) is 3.30. The molecule has 26 atom stereocenters. The third kappa shape index (κ3) is 15.1. The Morgan fingerprint density at radius 1 is 0.391 bits per heavy atom. The van der Waals surface area contributed by atoms with Crippen molar-refractivity contribution >= 4 is 5.97 Å². The van der Waals surface area contributed by atoms with Crippen LogP contribution < -0.4 is 0 Å². The smallest absolute Gasteiger partial charge is 0.303 e. The number of hydrogen-bond acceptors (Lipinski definition) is 22. The van der Waals surface area contributed by atoms with Crippen molar-refractivity contribution in [1.29, 1.82) is 0 Å². The summed E-state index contributed by atoms with van der Waals surface area (Å²) < 4.78 is 60.3. The number of aliphatic carboxylic acids is 1. The van der Waals surface area contributed by atoms with Crippen LogP contribution in [0.15, 0.2) is 0 Å². The largest absolute Gasteiger partial charge is 0.481 e. The van der Waals surface area contributed by atoms with Crippen molar-refractivity contribution in [2.75, 3.05) is 0 Å². The lowest BCUT2D eigenvalue weighted by molar-refractivity contribution is -0.399. The van der Waals surface area contributed by atoms with Crippen molar-refractivity contribution in [3.63, 3.8) is 0 Å². The first-order chi connectivity index (χ1) is 32.7. The molecule has 5 fully saturated rings. The number of carbonyl (C=O) groups is 1. The van der Waals surface area contributed by atoms with Crippen molar-refractivity contribution in [1.82, 2.24) is 0 Å². The Hall–Kier alpha value is -1.37. The molecule has 5 heterocycles. The summed E-state index contributed by atoms with van der Waals surface area (Å²) in [7, 11) is 0. The van der Waals surface area contributed by atoms with E-state index in [1.54, 1.807) is 6.92 Å². The molecule has 23 heteroatoms. The molecule has 0 aliphatic carbocycles. The number of rotatable bonds is 24. The highest BCUT2D eigenvalue weighted by Crippen LogP contribution is 2.37. The van der Waals surface area contributed by atoms with Gasteiger partial charge in [0, 0.05) is 6.42 Å². The lowest BCUT2D eigenvalue weighted by atomic mass is 9.95. The van der Waals surface area contributed by atoms with Gasteiger partial charge in [0.05, 0.1) is 36.6 Å². The Kier molecular flexibility index (Phi) is 23.1. The Balaban J connectivity index is 1.26. The van der Waals surface area contributed by atoms with Gasteiger partial charge in [-0.15, -0.1) is 0 Å². The highest BCUT2D eigenvalue weighted by Gasteiger charge is 2.56. The molecule has 0 spiro atoms. The van der Waals surface area contributed by atoms with Gasteiger partial charge in [-0.1, -0.05) is 64.7 Å². The van der Waals surface area contributed by atoms with Gasteiger partial charge < -0.3 is 109 Å². The topological polar surface area (TPSA) is 352 Å². The fraction of sp³-hybridized carbons (Fsp3) is 0.978. The van der Waals surface area contributed by atoms with Gasteiger partial charge in [-0.2, -0.15) is 0 Å². The van der Waals surface area contributed by atoms with Crippen molar-refractivity contribution in [3.05, 3.63) is 0 Å². The Morgan fingerprint density at radius 3 is 1.28 bits per heavy atom. The summed E-state index contributed by atoms with van der Waals surface area (Å²) in [6.45, 7) is 9.47. The van der Waals surface area contributed by atoms with Crippen LogP contribution in [0.3, 0.4) is 0 Å². The minimum atomic E-state index is -1.89. The number of ether oxygens (including phenoxy) is 10. The van der Waals surface area contributed by atoms with Crippen LogP contribution in [0.25, 0.3) is 0 Å². The van der Waals surface area contributed by atoms with Crippen molar-refractivity contribution in [3.8, 4) is 0 Å². The van der Waals surface area contributed by atoms with E-state index in [4.69, 9.17) is 52.5 Å². The molecule has 0 aromatic carbocycles. The second-order valence-corrected chi connectivity index (χ2v) is 19.5. The molecule has 69 heavy (non-hydrogen) atoms. The van der Waals surface area contributed by atoms with Crippen LogP contribution in [0.2, 0.25) is 0 Å². The van der Waals surface area contributed by atoms with Crippen molar-refractivity contribution < 1.29 is 113 Å². The molecule has 23 nitrogen and oxygen atoms in total. The monoisotopic (exact) mass is 1000 g/mol. The first kappa shape index (κ1) is 58.5. The van der Waals surface area contributed by atoms with Crippen LogP contribution in [0.5, 0.6) is 0 Å². The molecule has 0 radical (unpaired) electrons. The quantitative estimate of drug-likeness (QED) is 0.0504. The number of hydrogen-bond donors (Lipinski definition) is 12. The average molecular weight is 1000 g/mol. The van der Waals surface area contributed by atoms with E-state index < -0.39 is 159 Å². The predicted molar refractivity (Wildman–Crippen MR) is 235 cm³/mol. The van der Waals surface area contributed by atoms with E-state index in [0.717, 1.165) is 57.8 Å². The van der Waals surface area contributed by atoms with E-state index in [2.05, 4.69) is 6.92 Å². The highest BCUT2D eigenvalue weighted by atomic mass is 16.8. The van der Waals surface area contributed by atoms with E-state index >= 15 is 0 Å². The van der Waals surface area contributed by atoms with Crippen LogP contribution in [0.1, 0.15) is 125 Å². The second-order valence-electron chi connectivity index (χ2n) is 19.5. The highest BCUT2D eigenvalue weighted by molar-refractivity contribution is 5.66. The van der Waals surface area contributed by atoms with E-state index in [1.165, 1.54) is 27.7 Å². The summed E-state index contributed by atoms with van der Waals surface area (Å²) in [5.74, 6) is -0.789. The van der Waals surface area contributed by atoms with E-state index in [1.807, 2.05) is 0 Å². The zero-order chi connectivity index (χ0) is 50.9. The zero-order valence-electron chi connectivity index (χ0n) is 40.6. The van der Waals surface area contributed by atoms with Gasteiger partial charge in [0.15, 0.2) is 31.5 Å². The van der Waals surface area contributed by atoms with Crippen LogP contribution >= 0.6 is 0 Å². The van der Waals surface area contributed by atoms with Gasteiger partial charge in [0.2, 0.25) is 0 Å². The maximum absolute atomic E-state index is 11.9. The summed E-state index contributed by atoms with van der Waals surface area (Å²) in [4.78, 5) is 10.8. The standard InChI is InChI=1S/C46H82O23/c1-7-8-14-17-25(18-15-12-10-9-11-13-16-19-26(47)48)65-46-41(32(54)29(51)22(4)62-46)69-44-36(58)33(55)38(23(5)63-44)66-45-37(59)40(68-43-35(57)31(53)28(50)21(3)61-43)39(24(6)64-45)67-42-34(56)30(52)27(49)20(2)60-42/h20-25,27-46,49-59H,7-19H2,1-6H3,(H,47,48)/t20-,21-,22+,23-,24-,25-,27-,28-,29-,30+,31+,32-,33-,34+,35+,36+,37+,38-,39-,40-,41+,42-,43-,44-,45-,46-/m0/s1. The Labute approximate surface area is 403 Å². The molecule has 0 aromatic rings. The van der Waals surface area contributed by atoms with Gasteiger partial charge in [-0.3, -0.25) is 4.79 Å². The SMILES string of the molecule is CCCCC[C@@H](CCCCCCCCCC(=O)O)O[C@@H]1O[C@H](C)[C@H](O)[C@H](O)[C@H]1O[C@@H]1O[C@@H](C)[C@H](O[C@@H]2O[C@@H](C)[C@H](O[C@@H]3O[C@@H](C)[C@H](O)[C@@H](O)[C@H]3O)[C@@H](O[C@@H]3O[C@@H](C)[C@H](O)[C@@H](O)[C@H]3O)[C@H]2O)[C@@H](O)[C@H]1O. The van der Waals surface area contributed by atoms with E-state index in [9.17, 15) is 61.0 Å². The van der Waals surface area contributed by atoms with E-state index in [0.29, 0.717) is 19.3 Å². The lowest BCUT2D eigenvalue weighted by Crippen LogP contribution is -2.67. The number of carboxylic acid groups (broad SMARTS) is 1. The minimum Gasteiger partial charge on any atom is -0.481 e. The molecule has 0 aromatic heterocycles. The maximum atomic E-state index is 11.9. The normalized spacial score (nSPS) is 45.8. The van der Waals surface area contributed by atoms with Gasteiger partial charge >= 0.3 is 5.97 Å². The molecule has 0 bridgehead atoms. The molecule has 404 valence electrons. The van der Waals surface area contributed by atoms with Gasteiger partial charge in [0.1, 0.15) is 91.6 Å². The molecule has 5 saturated heterocycles. The van der Waals surface area contributed by atoms with Crippen LogP contribution in [-0.2, 0) is 52.2 Å². The van der Waals surface area contributed by atoms with Crippen LogP contribution in [-0.4, -0.2) is 227 Å². The summed E-state index contributed by atoms with van der Waals surface area (Å²) in [6, 6.07) is 0. The molecular formula is C46H82O23. The maximum Gasteiger partial charge on any atom is 0.303 e. The van der Waals surface area contributed by atoms with Crippen molar-refractivity contribution in [2.24, 2.45) is 0 Å². The predicted octanol–water partition coefficient (Wildman–Crippen LogP) is -1.22. The molecular weight excluding hydrogens is 920 g/mol. The fourth-order valence-corrected chi connectivity index (χ4v) is 9.50. The van der Waals surface area contributed by atoms with Gasteiger partial charge in [0.25, 0.3) is 0 Å². The number of aliphatic hydroxyl groups is 11.